The second-order valence-corrected chi connectivity index (χ2v) is 4.62. The van der Waals surface area contributed by atoms with Crippen LogP contribution in [0.2, 0.25) is 5.02 Å². The predicted octanol–water partition coefficient (Wildman–Crippen LogP) is 3.93. The smallest absolute Gasteiger partial charge is 0.0621 e. The van der Waals surface area contributed by atoms with Crippen molar-refractivity contribution in [1.29, 1.82) is 0 Å². The Morgan fingerprint density at radius 2 is 2.21 bits per heavy atom. The van der Waals surface area contributed by atoms with Crippen molar-refractivity contribution in [2.45, 2.75) is 26.7 Å². The van der Waals surface area contributed by atoms with Gasteiger partial charge in [0.1, 0.15) is 0 Å². The molecule has 0 radical (unpaired) electrons. The van der Waals surface area contributed by atoms with Gasteiger partial charge in [-0.15, -0.1) is 11.6 Å². The molecule has 1 nitrogen and oxygen atoms in total. The highest BCUT2D eigenvalue weighted by molar-refractivity contribution is 6.31. The van der Waals surface area contributed by atoms with Crippen LogP contribution in [0.4, 0.5) is 0 Å². The molecule has 3 heteroatoms. The van der Waals surface area contributed by atoms with Crippen molar-refractivity contribution < 1.29 is 0 Å². The molecule has 0 spiro atoms. The lowest BCUT2D eigenvalue weighted by molar-refractivity contribution is 0.355. The molecule has 0 aliphatic heterocycles. The quantitative estimate of drug-likeness (QED) is 0.716. The molecule has 1 unspecified atom stereocenters. The highest BCUT2D eigenvalue weighted by atomic mass is 35.5. The molecule has 0 saturated carbocycles. The number of alkyl halides is 1. The first-order chi connectivity index (χ1) is 6.61. The van der Waals surface area contributed by atoms with Crippen molar-refractivity contribution in [2.24, 2.45) is 5.41 Å². The highest BCUT2D eigenvalue weighted by Gasteiger charge is 2.22. The molecule has 1 atom stereocenters. The third-order valence-corrected chi connectivity index (χ3v) is 3.64. The molecule has 0 bridgehead atoms. The Labute approximate surface area is 95.4 Å². The molecule has 1 aromatic heterocycles. The van der Waals surface area contributed by atoms with Gasteiger partial charge in [0, 0.05) is 18.3 Å². The van der Waals surface area contributed by atoms with E-state index < -0.39 is 0 Å². The van der Waals surface area contributed by atoms with Gasteiger partial charge < -0.3 is 0 Å². The van der Waals surface area contributed by atoms with Crippen LogP contribution in [0.3, 0.4) is 0 Å². The standard InChI is InChI=1S/C11H15Cl2N/c1-3-11(2,8-12)6-9-4-5-14-7-10(9)13/h4-5,7H,3,6,8H2,1-2H3. The first-order valence-corrected chi connectivity index (χ1v) is 5.67. The predicted molar refractivity (Wildman–Crippen MR) is 62.1 cm³/mol. The van der Waals surface area contributed by atoms with Gasteiger partial charge in [-0.05, 0) is 29.9 Å². The first kappa shape index (κ1) is 11.8. The number of hydrogen-bond donors (Lipinski definition) is 0. The van der Waals surface area contributed by atoms with E-state index in [1.165, 1.54) is 0 Å². The van der Waals surface area contributed by atoms with Crippen LogP contribution < -0.4 is 0 Å². The average molecular weight is 232 g/mol. The molecular formula is C11H15Cl2N. The maximum absolute atomic E-state index is 6.04. The molecule has 1 rings (SSSR count). The first-order valence-electron chi connectivity index (χ1n) is 4.75. The van der Waals surface area contributed by atoms with Crippen LogP contribution in [0.1, 0.15) is 25.8 Å². The molecule has 14 heavy (non-hydrogen) atoms. The zero-order valence-corrected chi connectivity index (χ0v) is 10.1. The van der Waals surface area contributed by atoms with E-state index in [4.69, 9.17) is 23.2 Å². The molecule has 0 aliphatic rings. The zero-order chi connectivity index (χ0) is 10.6. The number of aromatic nitrogens is 1. The molecule has 0 saturated heterocycles. The summed E-state index contributed by atoms with van der Waals surface area (Å²) in [6, 6.07) is 1.96. The van der Waals surface area contributed by atoms with Crippen molar-refractivity contribution in [1.82, 2.24) is 4.98 Å². The van der Waals surface area contributed by atoms with Gasteiger partial charge >= 0.3 is 0 Å². The van der Waals surface area contributed by atoms with E-state index >= 15 is 0 Å². The van der Waals surface area contributed by atoms with Crippen LogP contribution in [0.25, 0.3) is 0 Å². The van der Waals surface area contributed by atoms with Crippen molar-refractivity contribution in [3.8, 4) is 0 Å². The van der Waals surface area contributed by atoms with E-state index in [2.05, 4.69) is 18.8 Å². The monoisotopic (exact) mass is 231 g/mol. The van der Waals surface area contributed by atoms with Crippen LogP contribution in [-0.2, 0) is 6.42 Å². The van der Waals surface area contributed by atoms with Gasteiger partial charge in [0.15, 0.2) is 0 Å². The molecule has 0 amide bonds. The maximum Gasteiger partial charge on any atom is 0.0621 e. The number of nitrogens with zero attached hydrogens (tertiary/aromatic N) is 1. The lowest BCUT2D eigenvalue weighted by Crippen LogP contribution is -2.20. The Morgan fingerprint density at radius 1 is 1.50 bits per heavy atom. The molecule has 0 N–H and O–H groups in total. The van der Waals surface area contributed by atoms with Crippen LogP contribution in [0.5, 0.6) is 0 Å². The van der Waals surface area contributed by atoms with Crippen LogP contribution in [-0.4, -0.2) is 10.9 Å². The summed E-state index contributed by atoms with van der Waals surface area (Å²) >= 11 is 12.0. The van der Waals surface area contributed by atoms with Crippen molar-refractivity contribution in [2.75, 3.05) is 5.88 Å². The van der Waals surface area contributed by atoms with Crippen LogP contribution in [0.15, 0.2) is 18.5 Å². The number of rotatable bonds is 4. The van der Waals surface area contributed by atoms with E-state index in [0.29, 0.717) is 5.88 Å². The molecule has 0 aromatic carbocycles. The van der Waals surface area contributed by atoms with E-state index in [0.717, 1.165) is 23.4 Å². The minimum absolute atomic E-state index is 0.131. The fourth-order valence-electron chi connectivity index (χ4n) is 1.27. The summed E-state index contributed by atoms with van der Waals surface area (Å²) in [6.45, 7) is 4.33. The normalized spacial score (nSPS) is 15.1. The lowest BCUT2D eigenvalue weighted by atomic mass is 9.83. The second kappa shape index (κ2) is 4.99. The Hall–Kier alpha value is -0.270. The van der Waals surface area contributed by atoms with Crippen molar-refractivity contribution in [3.05, 3.63) is 29.0 Å². The third kappa shape index (κ3) is 2.86. The van der Waals surface area contributed by atoms with Gasteiger partial charge in [-0.1, -0.05) is 25.4 Å². The molecule has 0 aliphatic carbocycles. The van der Waals surface area contributed by atoms with Crippen LogP contribution in [0, 0.1) is 5.41 Å². The van der Waals surface area contributed by atoms with E-state index in [1.807, 2.05) is 6.07 Å². The number of pyridine rings is 1. The van der Waals surface area contributed by atoms with Gasteiger partial charge in [0.05, 0.1) is 5.02 Å². The maximum atomic E-state index is 6.04. The minimum atomic E-state index is 0.131. The summed E-state index contributed by atoms with van der Waals surface area (Å²) in [5.74, 6) is 0.655. The summed E-state index contributed by atoms with van der Waals surface area (Å²) in [7, 11) is 0. The lowest BCUT2D eigenvalue weighted by Gasteiger charge is -2.25. The fourth-order valence-corrected chi connectivity index (χ4v) is 1.74. The van der Waals surface area contributed by atoms with Gasteiger partial charge in [0.2, 0.25) is 0 Å². The summed E-state index contributed by atoms with van der Waals surface area (Å²) in [4.78, 5) is 3.96. The van der Waals surface area contributed by atoms with Crippen LogP contribution >= 0.6 is 23.2 Å². The van der Waals surface area contributed by atoms with E-state index in [9.17, 15) is 0 Å². The fraction of sp³-hybridized carbons (Fsp3) is 0.545. The Morgan fingerprint density at radius 3 is 2.71 bits per heavy atom. The van der Waals surface area contributed by atoms with E-state index in [-0.39, 0.29) is 5.41 Å². The zero-order valence-electron chi connectivity index (χ0n) is 8.56. The third-order valence-electron chi connectivity index (χ3n) is 2.65. The number of halogens is 2. The Bertz CT molecular complexity index is 295. The Kier molecular flexibility index (Phi) is 4.21. The largest absolute Gasteiger partial charge is 0.263 e. The van der Waals surface area contributed by atoms with Gasteiger partial charge in [-0.2, -0.15) is 0 Å². The molecule has 78 valence electrons. The summed E-state index contributed by atoms with van der Waals surface area (Å²) in [5.41, 5.74) is 1.26. The average Bonchev–Trinajstić information content (AvgIpc) is 2.21. The Balaban J connectivity index is 2.82. The molecule has 1 aromatic rings. The second-order valence-electron chi connectivity index (χ2n) is 3.94. The SMILES string of the molecule is CCC(C)(CCl)Cc1ccncc1Cl. The van der Waals surface area contributed by atoms with Crippen molar-refractivity contribution >= 4 is 23.2 Å². The molecular weight excluding hydrogens is 217 g/mol. The van der Waals surface area contributed by atoms with Gasteiger partial charge in [-0.3, -0.25) is 4.98 Å². The highest BCUT2D eigenvalue weighted by Crippen LogP contribution is 2.30. The van der Waals surface area contributed by atoms with Crippen molar-refractivity contribution in [3.63, 3.8) is 0 Å². The summed E-state index contributed by atoms with van der Waals surface area (Å²) in [6.07, 6.45) is 5.41. The topological polar surface area (TPSA) is 12.9 Å². The summed E-state index contributed by atoms with van der Waals surface area (Å²) < 4.78 is 0. The number of hydrogen-bond acceptors (Lipinski definition) is 1. The van der Waals surface area contributed by atoms with Gasteiger partial charge in [0.25, 0.3) is 0 Å². The summed E-state index contributed by atoms with van der Waals surface area (Å²) in [5, 5.41) is 0.734. The molecule has 0 fully saturated rings. The van der Waals surface area contributed by atoms with E-state index in [1.54, 1.807) is 12.4 Å². The minimum Gasteiger partial charge on any atom is -0.263 e. The molecule has 1 heterocycles. The van der Waals surface area contributed by atoms with Gasteiger partial charge in [-0.25, -0.2) is 0 Å².